The Morgan fingerprint density at radius 2 is 1.67 bits per heavy atom. The van der Waals surface area contributed by atoms with Crippen molar-refractivity contribution < 1.29 is 18.3 Å². The van der Waals surface area contributed by atoms with Crippen molar-refractivity contribution in [2.24, 2.45) is 0 Å². The van der Waals surface area contributed by atoms with Gasteiger partial charge in [0.05, 0.1) is 4.90 Å². The summed E-state index contributed by atoms with van der Waals surface area (Å²) in [4.78, 5) is 10.7. The number of sulfonamides is 1. The van der Waals surface area contributed by atoms with Crippen molar-refractivity contribution in [3.05, 3.63) is 28.8 Å². The summed E-state index contributed by atoms with van der Waals surface area (Å²) in [5.74, 6) is -0.818. The molecule has 5 nitrogen and oxygen atoms in total. The van der Waals surface area contributed by atoms with Gasteiger partial charge in [-0.25, -0.2) is 13.1 Å². The van der Waals surface area contributed by atoms with Crippen LogP contribution in [-0.2, 0) is 14.8 Å². The molecule has 0 aliphatic heterocycles. The number of hydrogen-bond donors (Lipinski definition) is 2. The number of aliphatic carboxylic acids is 1. The van der Waals surface area contributed by atoms with Crippen molar-refractivity contribution in [2.45, 2.75) is 51.3 Å². The molecule has 0 heterocycles. The van der Waals surface area contributed by atoms with Crippen molar-refractivity contribution in [3.8, 4) is 0 Å². The molecule has 0 saturated carbocycles. The van der Waals surface area contributed by atoms with Crippen molar-refractivity contribution in [2.75, 3.05) is 6.54 Å². The molecule has 1 aromatic carbocycles. The van der Waals surface area contributed by atoms with Gasteiger partial charge in [-0.05, 0) is 56.4 Å². The highest BCUT2D eigenvalue weighted by Crippen LogP contribution is 2.19. The van der Waals surface area contributed by atoms with Crippen LogP contribution in [0.1, 0.15) is 42.4 Å². The third kappa shape index (κ3) is 5.47. The summed E-state index contributed by atoms with van der Waals surface area (Å²) in [6, 6.07) is 3.56. The maximum Gasteiger partial charge on any atom is 0.303 e. The molecule has 0 aromatic heterocycles. The van der Waals surface area contributed by atoms with Gasteiger partial charge < -0.3 is 5.11 Å². The molecule has 0 saturated heterocycles. The summed E-state index contributed by atoms with van der Waals surface area (Å²) in [6.45, 7) is 5.95. The van der Waals surface area contributed by atoms with E-state index in [1.807, 2.05) is 19.9 Å². The van der Waals surface area contributed by atoms with Gasteiger partial charge in [-0.3, -0.25) is 4.79 Å². The molecule has 0 amide bonds. The van der Waals surface area contributed by atoms with E-state index in [9.17, 15) is 13.2 Å². The molecule has 0 aliphatic rings. The van der Waals surface area contributed by atoms with Crippen LogP contribution >= 0.6 is 0 Å². The first-order chi connectivity index (χ1) is 9.74. The van der Waals surface area contributed by atoms with Gasteiger partial charge in [-0.1, -0.05) is 12.5 Å². The van der Waals surface area contributed by atoms with E-state index < -0.39 is 16.0 Å². The molecular weight excluding hydrogens is 290 g/mol. The van der Waals surface area contributed by atoms with Gasteiger partial charge in [0.25, 0.3) is 0 Å². The molecule has 0 unspecified atom stereocenters. The Kier molecular flexibility index (Phi) is 6.36. The zero-order chi connectivity index (χ0) is 16.0. The Balaban J connectivity index is 2.58. The third-order valence-corrected chi connectivity index (χ3v) is 5.04. The summed E-state index contributed by atoms with van der Waals surface area (Å²) in [6.07, 6.45) is 2.03. The van der Waals surface area contributed by atoms with Gasteiger partial charge >= 0.3 is 5.97 Å². The predicted octanol–water partition coefficient (Wildman–Crippen LogP) is 2.54. The van der Waals surface area contributed by atoms with E-state index in [2.05, 4.69) is 4.72 Å². The molecule has 0 radical (unpaired) electrons. The molecule has 21 heavy (non-hydrogen) atoms. The normalized spacial score (nSPS) is 11.6. The third-order valence-electron chi connectivity index (χ3n) is 3.44. The number of nitrogens with one attached hydrogen (secondary N) is 1. The number of carboxylic acid groups (broad SMARTS) is 1. The first-order valence-electron chi connectivity index (χ1n) is 7.03. The lowest BCUT2D eigenvalue weighted by molar-refractivity contribution is -0.137. The highest BCUT2D eigenvalue weighted by molar-refractivity contribution is 7.89. The van der Waals surface area contributed by atoms with Gasteiger partial charge in [-0.2, -0.15) is 0 Å². The maximum atomic E-state index is 12.3. The Bertz CT molecular complexity index is 608. The predicted molar refractivity (Wildman–Crippen MR) is 81.9 cm³/mol. The zero-order valence-electron chi connectivity index (χ0n) is 12.8. The van der Waals surface area contributed by atoms with E-state index in [0.717, 1.165) is 16.7 Å². The largest absolute Gasteiger partial charge is 0.481 e. The van der Waals surface area contributed by atoms with Crippen molar-refractivity contribution in [3.63, 3.8) is 0 Å². The van der Waals surface area contributed by atoms with Gasteiger partial charge in [-0.15, -0.1) is 0 Å². The number of benzene rings is 1. The van der Waals surface area contributed by atoms with Crippen LogP contribution in [0, 0.1) is 20.8 Å². The van der Waals surface area contributed by atoms with Crippen LogP contribution in [0.4, 0.5) is 0 Å². The first kappa shape index (κ1) is 17.7. The Morgan fingerprint density at radius 3 is 2.29 bits per heavy atom. The highest BCUT2D eigenvalue weighted by Gasteiger charge is 2.17. The van der Waals surface area contributed by atoms with Gasteiger partial charge in [0.1, 0.15) is 0 Å². The molecule has 0 fully saturated rings. The van der Waals surface area contributed by atoms with Crippen molar-refractivity contribution in [1.29, 1.82) is 0 Å². The SMILES string of the molecule is Cc1cc(C)c(S(=O)(=O)NCCCCCC(=O)O)cc1C. The molecule has 0 bridgehead atoms. The Labute approximate surface area is 126 Å². The molecule has 1 aromatic rings. The van der Waals surface area contributed by atoms with Crippen LogP contribution in [0.2, 0.25) is 0 Å². The van der Waals surface area contributed by atoms with E-state index in [-0.39, 0.29) is 6.42 Å². The monoisotopic (exact) mass is 313 g/mol. The molecule has 1 rings (SSSR count). The highest BCUT2D eigenvalue weighted by atomic mass is 32.2. The summed E-state index contributed by atoms with van der Waals surface area (Å²) in [5.41, 5.74) is 2.75. The lowest BCUT2D eigenvalue weighted by Gasteiger charge is -2.11. The van der Waals surface area contributed by atoms with Crippen LogP contribution in [0.3, 0.4) is 0 Å². The van der Waals surface area contributed by atoms with E-state index in [4.69, 9.17) is 5.11 Å². The van der Waals surface area contributed by atoms with E-state index in [1.165, 1.54) is 0 Å². The quantitative estimate of drug-likeness (QED) is 0.722. The molecule has 6 heteroatoms. The molecule has 118 valence electrons. The standard InChI is InChI=1S/C15H23NO4S/c1-11-9-13(3)14(10-12(11)2)21(19,20)16-8-6-4-5-7-15(17)18/h9-10,16H,4-8H2,1-3H3,(H,17,18). The maximum absolute atomic E-state index is 12.3. The van der Waals surface area contributed by atoms with Crippen LogP contribution in [0.15, 0.2) is 17.0 Å². The second-order valence-electron chi connectivity index (χ2n) is 5.30. The molecular formula is C15H23NO4S. The summed E-state index contributed by atoms with van der Waals surface area (Å²) in [7, 11) is -3.50. The lowest BCUT2D eigenvalue weighted by atomic mass is 10.1. The first-order valence-corrected chi connectivity index (χ1v) is 8.51. The number of carboxylic acids is 1. The van der Waals surface area contributed by atoms with Crippen LogP contribution in [0.25, 0.3) is 0 Å². The summed E-state index contributed by atoms with van der Waals surface area (Å²) >= 11 is 0. The lowest BCUT2D eigenvalue weighted by Crippen LogP contribution is -2.25. The zero-order valence-corrected chi connectivity index (χ0v) is 13.6. The summed E-state index contributed by atoms with van der Waals surface area (Å²) < 4.78 is 27.1. The Morgan fingerprint density at radius 1 is 1.05 bits per heavy atom. The number of rotatable bonds is 8. The minimum absolute atomic E-state index is 0.128. The molecule has 0 aliphatic carbocycles. The minimum Gasteiger partial charge on any atom is -0.481 e. The second kappa shape index (κ2) is 7.56. The molecule has 0 atom stereocenters. The van der Waals surface area contributed by atoms with Gasteiger partial charge in [0.2, 0.25) is 10.0 Å². The average Bonchev–Trinajstić information content (AvgIpc) is 2.37. The van der Waals surface area contributed by atoms with E-state index in [0.29, 0.717) is 30.7 Å². The fraction of sp³-hybridized carbons (Fsp3) is 0.533. The number of aryl methyl sites for hydroxylation is 3. The van der Waals surface area contributed by atoms with E-state index in [1.54, 1.807) is 13.0 Å². The van der Waals surface area contributed by atoms with Crippen molar-refractivity contribution >= 4 is 16.0 Å². The fourth-order valence-electron chi connectivity index (χ4n) is 2.09. The molecule has 0 spiro atoms. The van der Waals surface area contributed by atoms with E-state index >= 15 is 0 Å². The number of unbranched alkanes of at least 4 members (excludes halogenated alkanes) is 2. The topological polar surface area (TPSA) is 83.5 Å². The van der Waals surface area contributed by atoms with Crippen molar-refractivity contribution in [1.82, 2.24) is 4.72 Å². The number of carbonyl (C=O) groups is 1. The average molecular weight is 313 g/mol. The minimum atomic E-state index is -3.50. The van der Waals surface area contributed by atoms with Gasteiger partial charge in [0, 0.05) is 13.0 Å². The van der Waals surface area contributed by atoms with Crippen LogP contribution < -0.4 is 4.72 Å². The second-order valence-corrected chi connectivity index (χ2v) is 7.04. The summed E-state index contributed by atoms with van der Waals surface area (Å²) in [5, 5.41) is 8.52. The van der Waals surface area contributed by atoms with Crippen LogP contribution in [-0.4, -0.2) is 26.0 Å². The van der Waals surface area contributed by atoms with Gasteiger partial charge in [0.15, 0.2) is 0 Å². The Hall–Kier alpha value is -1.40. The van der Waals surface area contributed by atoms with Crippen LogP contribution in [0.5, 0.6) is 0 Å². The molecule has 2 N–H and O–H groups in total. The smallest absolute Gasteiger partial charge is 0.303 e. The number of hydrogen-bond acceptors (Lipinski definition) is 3. The fourth-order valence-corrected chi connectivity index (χ4v) is 3.47.